The summed E-state index contributed by atoms with van der Waals surface area (Å²) in [6, 6.07) is 39.9. The van der Waals surface area contributed by atoms with Gasteiger partial charge in [0.2, 0.25) is 0 Å². The highest BCUT2D eigenvalue weighted by Crippen LogP contribution is 2.33. The Kier molecular flexibility index (Phi) is 6.41. The Morgan fingerprint density at radius 3 is 1.76 bits per heavy atom. The van der Waals surface area contributed by atoms with E-state index in [0.29, 0.717) is 0 Å². The first-order valence-corrected chi connectivity index (χ1v) is 12.1. The first-order chi connectivity index (χ1) is 16.7. The van der Waals surface area contributed by atoms with Crippen molar-refractivity contribution in [2.24, 2.45) is 4.99 Å². The lowest BCUT2D eigenvalue weighted by Gasteiger charge is -2.21. The fourth-order valence-electron chi connectivity index (χ4n) is 4.24. The van der Waals surface area contributed by atoms with Crippen LogP contribution in [0.4, 0.5) is 5.69 Å². The highest BCUT2D eigenvalue weighted by atomic mass is 32.1. The molecular weight excluding hydrogens is 436 g/mol. The van der Waals surface area contributed by atoms with Crippen LogP contribution in [0.1, 0.15) is 22.9 Å². The van der Waals surface area contributed by atoms with E-state index in [9.17, 15) is 0 Å². The summed E-state index contributed by atoms with van der Waals surface area (Å²) in [5.74, 6) is 0.827. The van der Waals surface area contributed by atoms with E-state index in [-0.39, 0.29) is 6.04 Å². The molecule has 0 spiro atoms. The van der Waals surface area contributed by atoms with Crippen LogP contribution in [-0.2, 0) is 0 Å². The maximum absolute atomic E-state index is 5.32. The van der Waals surface area contributed by atoms with Gasteiger partial charge in [0, 0.05) is 11.3 Å². The van der Waals surface area contributed by atoms with E-state index in [2.05, 4.69) is 102 Å². The van der Waals surface area contributed by atoms with Gasteiger partial charge in [0.05, 0.1) is 18.8 Å². The van der Waals surface area contributed by atoms with Gasteiger partial charge < -0.3 is 4.74 Å². The Labute approximate surface area is 204 Å². The summed E-state index contributed by atoms with van der Waals surface area (Å²) in [6.45, 7) is 2.20. The van der Waals surface area contributed by atoms with Crippen molar-refractivity contribution in [3.05, 3.63) is 137 Å². The van der Waals surface area contributed by atoms with Crippen LogP contribution in [0.2, 0.25) is 0 Å². The van der Waals surface area contributed by atoms with Gasteiger partial charge in [-0.1, -0.05) is 91.0 Å². The Balaban J connectivity index is 1.75. The van der Waals surface area contributed by atoms with Gasteiger partial charge in [0.1, 0.15) is 10.4 Å². The molecule has 5 aromatic rings. The molecule has 0 aliphatic carbocycles. The molecule has 4 heteroatoms. The van der Waals surface area contributed by atoms with Gasteiger partial charge in [0.25, 0.3) is 0 Å². The van der Waals surface area contributed by atoms with E-state index in [1.165, 1.54) is 27.9 Å². The van der Waals surface area contributed by atoms with Gasteiger partial charge in [0.15, 0.2) is 0 Å². The van der Waals surface area contributed by atoms with Gasteiger partial charge in [-0.2, -0.15) is 0 Å². The molecule has 5 rings (SSSR count). The number of hydrogen-bond donors (Lipinski definition) is 0. The van der Waals surface area contributed by atoms with Crippen LogP contribution in [0.15, 0.2) is 120 Å². The summed E-state index contributed by atoms with van der Waals surface area (Å²) in [4.78, 5) is 5.09. The molecule has 0 saturated heterocycles. The van der Waals surface area contributed by atoms with Crippen molar-refractivity contribution >= 4 is 17.2 Å². The van der Waals surface area contributed by atoms with Crippen LogP contribution in [0.25, 0.3) is 11.1 Å². The molecule has 0 N–H and O–H groups in total. The minimum atomic E-state index is 0.0645. The molecule has 34 heavy (non-hydrogen) atoms. The number of methoxy groups -OCH3 is 1. The summed E-state index contributed by atoms with van der Waals surface area (Å²) < 4.78 is 8.71. The summed E-state index contributed by atoms with van der Waals surface area (Å²) in [7, 11) is 1.68. The second kappa shape index (κ2) is 9.94. The van der Waals surface area contributed by atoms with Crippen molar-refractivity contribution in [1.29, 1.82) is 0 Å². The fourth-order valence-corrected chi connectivity index (χ4v) is 5.51. The van der Waals surface area contributed by atoms with Crippen molar-refractivity contribution in [1.82, 2.24) is 3.96 Å². The van der Waals surface area contributed by atoms with Crippen molar-refractivity contribution in [2.45, 2.75) is 13.0 Å². The van der Waals surface area contributed by atoms with Gasteiger partial charge in [-0.05, 0) is 59.4 Å². The molecule has 4 aromatic carbocycles. The maximum atomic E-state index is 5.32. The highest BCUT2D eigenvalue weighted by molar-refractivity contribution is 7.04. The number of aromatic nitrogens is 1. The molecule has 0 aliphatic rings. The normalized spacial score (nSPS) is 11.7. The average molecular weight is 463 g/mol. The van der Waals surface area contributed by atoms with Crippen LogP contribution in [0.5, 0.6) is 5.75 Å². The van der Waals surface area contributed by atoms with Crippen LogP contribution >= 0.6 is 11.5 Å². The molecule has 168 valence electrons. The Morgan fingerprint density at radius 2 is 1.24 bits per heavy atom. The Morgan fingerprint density at radius 1 is 0.706 bits per heavy atom. The van der Waals surface area contributed by atoms with Crippen molar-refractivity contribution < 1.29 is 4.74 Å². The SMILES string of the molecule is COc1ccc(N=c2sn(C(c3ccccc3)c3ccccc3)c(C)c2-c2ccccc2)cc1. The van der Waals surface area contributed by atoms with E-state index < -0.39 is 0 Å². The smallest absolute Gasteiger partial charge is 0.142 e. The van der Waals surface area contributed by atoms with Crippen molar-refractivity contribution in [3.63, 3.8) is 0 Å². The van der Waals surface area contributed by atoms with Gasteiger partial charge >= 0.3 is 0 Å². The zero-order valence-electron chi connectivity index (χ0n) is 19.3. The molecule has 0 atom stereocenters. The predicted molar refractivity (Wildman–Crippen MR) is 141 cm³/mol. The topological polar surface area (TPSA) is 26.5 Å². The van der Waals surface area contributed by atoms with Gasteiger partial charge in [-0.25, -0.2) is 4.99 Å². The predicted octanol–water partition coefficient (Wildman–Crippen LogP) is 7.40. The first-order valence-electron chi connectivity index (χ1n) is 11.3. The highest BCUT2D eigenvalue weighted by Gasteiger charge is 2.22. The molecular formula is C30H26N2OS. The molecule has 0 saturated carbocycles. The van der Waals surface area contributed by atoms with Crippen LogP contribution in [-0.4, -0.2) is 11.1 Å². The number of ether oxygens (including phenoxy) is 1. The Bertz CT molecular complexity index is 1380. The minimum absolute atomic E-state index is 0.0645. The molecule has 0 amide bonds. The van der Waals surface area contributed by atoms with Gasteiger partial charge in [-0.15, -0.1) is 0 Å². The van der Waals surface area contributed by atoms with E-state index in [0.717, 1.165) is 16.1 Å². The third kappa shape index (κ3) is 4.45. The van der Waals surface area contributed by atoms with Crippen LogP contribution in [0.3, 0.4) is 0 Å². The third-order valence-corrected chi connectivity index (χ3v) is 7.07. The van der Waals surface area contributed by atoms with E-state index >= 15 is 0 Å². The Hall–Kier alpha value is -3.89. The second-order valence-corrected chi connectivity index (χ2v) is 9.05. The molecule has 1 aromatic heterocycles. The van der Waals surface area contributed by atoms with Gasteiger partial charge in [-0.3, -0.25) is 3.96 Å². The molecule has 0 fully saturated rings. The van der Waals surface area contributed by atoms with E-state index in [4.69, 9.17) is 9.73 Å². The lowest BCUT2D eigenvalue weighted by atomic mass is 9.98. The van der Waals surface area contributed by atoms with E-state index in [1.807, 2.05) is 24.3 Å². The van der Waals surface area contributed by atoms with E-state index in [1.54, 1.807) is 18.6 Å². The van der Waals surface area contributed by atoms with Crippen molar-refractivity contribution in [2.75, 3.05) is 7.11 Å². The summed E-state index contributed by atoms with van der Waals surface area (Å²) >= 11 is 1.70. The van der Waals surface area contributed by atoms with Crippen LogP contribution in [0, 0.1) is 6.92 Å². The first kappa shape index (κ1) is 21.9. The van der Waals surface area contributed by atoms with Crippen LogP contribution < -0.4 is 9.41 Å². The number of benzene rings is 4. The standard InChI is InChI=1S/C30H26N2OS/c1-22-28(23-12-6-3-7-13-23)30(31-26-18-20-27(33-2)21-19-26)34-32(22)29(24-14-8-4-9-15-24)25-16-10-5-11-17-25/h3-21,29H,1-2H3. The third-order valence-electron chi connectivity index (χ3n) is 5.92. The fraction of sp³-hybridized carbons (Fsp3) is 0.100. The number of hydrogen-bond acceptors (Lipinski definition) is 3. The monoisotopic (exact) mass is 462 g/mol. The quantitative estimate of drug-likeness (QED) is 0.258. The number of rotatable bonds is 6. The summed E-state index contributed by atoms with van der Waals surface area (Å²) in [5, 5.41) is 0. The molecule has 0 bridgehead atoms. The zero-order chi connectivity index (χ0) is 23.3. The lowest BCUT2D eigenvalue weighted by Crippen LogP contribution is -2.11. The molecule has 0 unspecified atom stereocenters. The summed E-state index contributed by atoms with van der Waals surface area (Å²) in [5.41, 5.74) is 6.93. The number of nitrogens with zero attached hydrogens (tertiary/aromatic N) is 2. The minimum Gasteiger partial charge on any atom is -0.497 e. The average Bonchev–Trinajstić information content (AvgIpc) is 3.21. The molecule has 3 nitrogen and oxygen atoms in total. The maximum Gasteiger partial charge on any atom is 0.142 e. The largest absolute Gasteiger partial charge is 0.497 e. The molecule has 0 radical (unpaired) electrons. The summed E-state index contributed by atoms with van der Waals surface area (Å²) in [6.07, 6.45) is 0. The van der Waals surface area contributed by atoms with Crippen molar-refractivity contribution in [3.8, 4) is 16.9 Å². The molecule has 1 heterocycles. The lowest BCUT2D eigenvalue weighted by molar-refractivity contribution is 0.415. The zero-order valence-corrected chi connectivity index (χ0v) is 20.1. The second-order valence-electron chi connectivity index (χ2n) is 8.08. The molecule has 0 aliphatic heterocycles.